The van der Waals surface area contributed by atoms with Gasteiger partial charge in [0, 0.05) is 13.1 Å². The first-order chi connectivity index (χ1) is 9.30. The molecule has 0 saturated carbocycles. The first kappa shape index (κ1) is 13.9. The minimum Gasteiger partial charge on any atom is -0.490 e. The van der Waals surface area contributed by atoms with Gasteiger partial charge in [-0.3, -0.25) is 0 Å². The number of nitrogens with zero attached hydrogens (tertiary/aromatic N) is 3. The Morgan fingerprint density at radius 2 is 2.26 bits per heavy atom. The van der Waals surface area contributed by atoms with Gasteiger partial charge in [0.1, 0.15) is 6.33 Å². The number of methoxy groups -OCH3 is 1. The highest BCUT2D eigenvalue weighted by Gasteiger charge is 2.21. The van der Waals surface area contributed by atoms with E-state index in [9.17, 15) is 0 Å². The Bertz CT molecular complexity index is 412. The molecule has 6 nitrogen and oxygen atoms in total. The summed E-state index contributed by atoms with van der Waals surface area (Å²) in [5.41, 5.74) is 2.56. The van der Waals surface area contributed by atoms with Gasteiger partial charge in [-0.1, -0.05) is 13.3 Å². The molecule has 0 aliphatic carbocycles. The SMILES string of the molecule is CCC1CCCN(c2ncnc(NN)c2OC)CC1. The lowest BCUT2D eigenvalue weighted by molar-refractivity contribution is 0.412. The number of nitrogens with one attached hydrogen (secondary N) is 1. The van der Waals surface area contributed by atoms with Gasteiger partial charge in [-0.25, -0.2) is 15.8 Å². The summed E-state index contributed by atoms with van der Waals surface area (Å²) in [6.45, 7) is 4.28. The predicted octanol–water partition coefficient (Wildman–Crippen LogP) is 1.79. The number of hydrogen-bond acceptors (Lipinski definition) is 6. The monoisotopic (exact) mass is 265 g/mol. The molecule has 106 valence electrons. The molecule has 2 heterocycles. The Kier molecular flexibility index (Phi) is 4.79. The molecule has 0 radical (unpaired) electrons. The third-order valence-corrected chi connectivity index (χ3v) is 3.85. The molecule has 1 atom stereocenters. The molecular formula is C13H23N5O. The first-order valence-corrected chi connectivity index (χ1v) is 6.90. The number of nitrogen functional groups attached to an aromatic ring is 1. The van der Waals surface area contributed by atoms with Crippen LogP contribution in [-0.2, 0) is 0 Å². The van der Waals surface area contributed by atoms with Crippen molar-refractivity contribution in [2.24, 2.45) is 11.8 Å². The molecule has 2 rings (SSSR count). The van der Waals surface area contributed by atoms with Crippen LogP contribution in [0, 0.1) is 5.92 Å². The van der Waals surface area contributed by atoms with E-state index in [4.69, 9.17) is 10.6 Å². The van der Waals surface area contributed by atoms with E-state index in [1.54, 1.807) is 7.11 Å². The predicted molar refractivity (Wildman–Crippen MR) is 76.2 cm³/mol. The number of hydrogen-bond donors (Lipinski definition) is 2. The summed E-state index contributed by atoms with van der Waals surface area (Å²) in [4.78, 5) is 10.7. The second-order valence-corrected chi connectivity index (χ2v) is 4.92. The highest BCUT2D eigenvalue weighted by atomic mass is 16.5. The summed E-state index contributed by atoms with van der Waals surface area (Å²) in [7, 11) is 1.62. The molecule has 1 saturated heterocycles. The van der Waals surface area contributed by atoms with Crippen molar-refractivity contribution in [1.82, 2.24) is 9.97 Å². The van der Waals surface area contributed by atoms with E-state index in [0.717, 1.165) is 24.8 Å². The molecule has 6 heteroatoms. The molecule has 19 heavy (non-hydrogen) atoms. The Labute approximate surface area is 114 Å². The quantitative estimate of drug-likeness (QED) is 0.638. The summed E-state index contributed by atoms with van der Waals surface area (Å²) in [5.74, 6) is 8.28. The Morgan fingerprint density at radius 1 is 1.42 bits per heavy atom. The van der Waals surface area contributed by atoms with Crippen LogP contribution in [0.5, 0.6) is 5.75 Å². The molecule has 1 unspecified atom stereocenters. The molecule has 0 bridgehead atoms. The molecule has 0 spiro atoms. The summed E-state index contributed by atoms with van der Waals surface area (Å²) in [6, 6.07) is 0. The van der Waals surface area contributed by atoms with Crippen LogP contribution < -0.4 is 20.9 Å². The van der Waals surface area contributed by atoms with Crippen molar-refractivity contribution in [3.8, 4) is 5.75 Å². The van der Waals surface area contributed by atoms with Crippen LogP contribution in [-0.4, -0.2) is 30.2 Å². The number of hydrazine groups is 1. The van der Waals surface area contributed by atoms with E-state index in [1.165, 1.54) is 32.0 Å². The lowest BCUT2D eigenvalue weighted by Gasteiger charge is -2.24. The summed E-state index contributed by atoms with van der Waals surface area (Å²) in [5, 5.41) is 0. The fourth-order valence-electron chi connectivity index (χ4n) is 2.67. The van der Waals surface area contributed by atoms with Gasteiger partial charge in [0.2, 0.25) is 5.75 Å². The fraction of sp³-hybridized carbons (Fsp3) is 0.692. The van der Waals surface area contributed by atoms with Gasteiger partial charge in [0.25, 0.3) is 0 Å². The summed E-state index contributed by atoms with van der Waals surface area (Å²) < 4.78 is 5.41. The van der Waals surface area contributed by atoms with Crippen LogP contribution in [0.25, 0.3) is 0 Å². The number of nitrogens with two attached hydrogens (primary N) is 1. The van der Waals surface area contributed by atoms with Crippen LogP contribution >= 0.6 is 0 Å². The second kappa shape index (κ2) is 6.56. The van der Waals surface area contributed by atoms with E-state index in [1.807, 2.05) is 0 Å². The van der Waals surface area contributed by atoms with Crippen LogP contribution in [0.1, 0.15) is 32.6 Å². The lowest BCUT2D eigenvalue weighted by atomic mass is 9.98. The molecule has 1 aliphatic heterocycles. The maximum Gasteiger partial charge on any atom is 0.205 e. The topological polar surface area (TPSA) is 76.3 Å². The van der Waals surface area contributed by atoms with Crippen molar-refractivity contribution in [3.63, 3.8) is 0 Å². The summed E-state index contributed by atoms with van der Waals surface area (Å²) >= 11 is 0. The third-order valence-electron chi connectivity index (χ3n) is 3.85. The van der Waals surface area contributed by atoms with Crippen molar-refractivity contribution in [2.75, 3.05) is 30.5 Å². The number of anilines is 2. The van der Waals surface area contributed by atoms with E-state index >= 15 is 0 Å². The van der Waals surface area contributed by atoms with Crippen LogP contribution in [0.15, 0.2) is 6.33 Å². The Hall–Kier alpha value is -1.56. The molecule has 1 aliphatic rings. The molecule has 1 aromatic heterocycles. The van der Waals surface area contributed by atoms with Crippen molar-refractivity contribution < 1.29 is 4.74 Å². The van der Waals surface area contributed by atoms with Crippen molar-refractivity contribution in [1.29, 1.82) is 0 Å². The molecular weight excluding hydrogens is 242 g/mol. The van der Waals surface area contributed by atoms with Gasteiger partial charge < -0.3 is 15.1 Å². The van der Waals surface area contributed by atoms with Gasteiger partial charge in [0.05, 0.1) is 7.11 Å². The minimum atomic E-state index is 0.531. The smallest absolute Gasteiger partial charge is 0.205 e. The van der Waals surface area contributed by atoms with Gasteiger partial charge in [-0.15, -0.1) is 0 Å². The van der Waals surface area contributed by atoms with Crippen molar-refractivity contribution in [2.45, 2.75) is 32.6 Å². The van der Waals surface area contributed by atoms with E-state index < -0.39 is 0 Å². The van der Waals surface area contributed by atoms with Gasteiger partial charge >= 0.3 is 0 Å². The lowest BCUT2D eigenvalue weighted by Crippen LogP contribution is -2.26. The highest BCUT2D eigenvalue weighted by Crippen LogP contribution is 2.33. The Morgan fingerprint density at radius 3 is 2.95 bits per heavy atom. The zero-order valence-electron chi connectivity index (χ0n) is 11.7. The van der Waals surface area contributed by atoms with Crippen molar-refractivity contribution in [3.05, 3.63) is 6.33 Å². The zero-order chi connectivity index (χ0) is 13.7. The zero-order valence-corrected chi connectivity index (χ0v) is 11.7. The standard InChI is InChI=1S/C13H23N5O/c1-3-10-5-4-7-18(8-6-10)13-11(19-2)12(17-14)15-9-16-13/h9-10H,3-8,14H2,1-2H3,(H,15,16,17). The maximum atomic E-state index is 5.46. The molecule has 1 aromatic rings. The molecule has 0 aromatic carbocycles. The average molecular weight is 265 g/mol. The second-order valence-electron chi connectivity index (χ2n) is 4.92. The number of rotatable bonds is 4. The van der Waals surface area contributed by atoms with Gasteiger partial charge in [-0.2, -0.15) is 0 Å². The molecule has 3 N–H and O–H groups in total. The van der Waals surface area contributed by atoms with Crippen LogP contribution in [0.3, 0.4) is 0 Å². The number of aromatic nitrogens is 2. The van der Waals surface area contributed by atoms with E-state index in [0.29, 0.717) is 11.6 Å². The summed E-state index contributed by atoms with van der Waals surface area (Å²) in [6.07, 6.45) is 6.47. The normalized spacial score (nSPS) is 19.9. The third kappa shape index (κ3) is 3.07. The van der Waals surface area contributed by atoms with E-state index in [-0.39, 0.29) is 0 Å². The largest absolute Gasteiger partial charge is 0.490 e. The van der Waals surface area contributed by atoms with Crippen LogP contribution in [0.4, 0.5) is 11.6 Å². The number of ether oxygens (including phenoxy) is 1. The fourth-order valence-corrected chi connectivity index (χ4v) is 2.67. The van der Waals surface area contributed by atoms with Gasteiger partial charge in [0.15, 0.2) is 11.6 Å². The minimum absolute atomic E-state index is 0.531. The maximum absolute atomic E-state index is 5.46. The first-order valence-electron chi connectivity index (χ1n) is 6.90. The van der Waals surface area contributed by atoms with E-state index in [2.05, 4.69) is 27.2 Å². The van der Waals surface area contributed by atoms with Gasteiger partial charge in [-0.05, 0) is 25.2 Å². The average Bonchev–Trinajstić information content (AvgIpc) is 2.71. The molecule has 0 amide bonds. The Balaban J connectivity index is 2.21. The molecule has 1 fully saturated rings. The highest BCUT2D eigenvalue weighted by molar-refractivity contribution is 5.64. The van der Waals surface area contributed by atoms with Crippen LogP contribution in [0.2, 0.25) is 0 Å². The van der Waals surface area contributed by atoms with Crippen molar-refractivity contribution >= 4 is 11.6 Å².